The van der Waals surface area contributed by atoms with Crippen LogP contribution < -0.4 is 5.73 Å². The maximum absolute atomic E-state index is 11.9. The van der Waals surface area contributed by atoms with E-state index in [0.29, 0.717) is 24.2 Å². The Labute approximate surface area is 106 Å². The minimum atomic E-state index is 0.305. The lowest BCUT2D eigenvalue weighted by molar-refractivity contribution is -0.130. The molecule has 0 saturated heterocycles. The number of amides is 1. The van der Waals surface area contributed by atoms with Crippen LogP contribution in [0.15, 0.2) is 0 Å². The van der Waals surface area contributed by atoms with Crippen molar-refractivity contribution in [3.05, 3.63) is 0 Å². The molecule has 0 aromatic carbocycles. The number of hydrogen-bond acceptors (Lipinski definition) is 2. The van der Waals surface area contributed by atoms with Gasteiger partial charge in [0.15, 0.2) is 0 Å². The predicted octanol–water partition coefficient (Wildman–Crippen LogP) is 2.26. The lowest BCUT2D eigenvalue weighted by Gasteiger charge is -2.22. The lowest BCUT2D eigenvalue weighted by Crippen LogP contribution is -2.29. The van der Waals surface area contributed by atoms with Crippen molar-refractivity contribution in [1.82, 2.24) is 4.90 Å². The second kappa shape index (κ2) is 7.00. The third kappa shape index (κ3) is 5.53. The van der Waals surface area contributed by atoms with Gasteiger partial charge in [-0.1, -0.05) is 13.8 Å². The van der Waals surface area contributed by atoms with Crippen LogP contribution in [0.2, 0.25) is 0 Å². The molecule has 0 bridgehead atoms. The predicted molar refractivity (Wildman–Crippen MR) is 71.6 cm³/mol. The topological polar surface area (TPSA) is 46.3 Å². The molecule has 2 N–H and O–H groups in total. The van der Waals surface area contributed by atoms with Crippen molar-refractivity contribution < 1.29 is 4.79 Å². The van der Waals surface area contributed by atoms with Gasteiger partial charge in [0.25, 0.3) is 0 Å². The van der Waals surface area contributed by atoms with E-state index in [0.717, 1.165) is 31.8 Å². The molecule has 3 nitrogen and oxygen atoms in total. The van der Waals surface area contributed by atoms with Gasteiger partial charge in [-0.2, -0.15) is 0 Å². The summed E-state index contributed by atoms with van der Waals surface area (Å²) in [5.74, 6) is 2.31. The van der Waals surface area contributed by atoms with E-state index in [9.17, 15) is 4.79 Å². The number of hydrogen-bond donors (Lipinski definition) is 1. The van der Waals surface area contributed by atoms with Gasteiger partial charge in [0.1, 0.15) is 0 Å². The summed E-state index contributed by atoms with van der Waals surface area (Å²) >= 11 is 0. The zero-order valence-electron chi connectivity index (χ0n) is 11.6. The largest absolute Gasteiger partial charge is 0.345 e. The zero-order chi connectivity index (χ0) is 12.8. The van der Waals surface area contributed by atoms with Crippen molar-refractivity contribution >= 4 is 5.91 Å². The van der Waals surface area contributed by atoms with E-state index < -0.39 is 0 Å². The van der Waals surface area contributed by atoms with Crippen LogP contribution in [0.5, 0.6) is 0 Å². The maximum Gasteiger partial charge on any atom is 0.222 e. The highest BCUT2D eigenvalue weighted by molar-refractivity contribution is 5.75. The zero-order valence-corrected chi connectivity index (χ0v) is 11.6. The normalized spacial score (nSPS) is 17.2. The molecule has 1 aliphatic carbocycles. The Morgan fingerprint density at radius 3 is 2.47 bits per heavy atom. The van der Waals surface area contributed by atoms with Crippen molar-refractivity contribution in [2.45, 2.75) is 46.0 Å². The standard InChI is InChI=1S/C14H28N2O/c1-11(2)13(8-9-15)6-7-14(17)16(3)10-12-4-5-12/h11-13H,4-10,15H2,1-3H3. The van der Waals surface area contributed by atoms with Crippen LogP contribution in [0, 0.1) is 17.8 Å². The van der Waals surface area contributed by atoms with E-state index in [-0.39, 0.29) is 0 Å². The van der Waals surface area contributed by atoms with E-state index in [1.54, 1.807) is 0 Å². The molecule has 0 aromatic rings. The summed E-state index contributed by atoms with van der Waals surface area (Å²) in [6.45, 7) is 6.13. The van der Waals surface area contributed by atoms with Crippen molar-refractivity contribution in [2.75, 3.05) is 20.1 Å². The number of nitrogens with zero attached hydrogens (tertiary/aromatic N) is 1. The first-order chi connectivity index (χ1) is 8.04. The molecule has 1 fully saturated rings. The Balaban J connectivity index is 2.23. The molecule has 100 valence electrons. The van der Waals surface area contributed by atoms with E-state index >= 15 is 0 Å². The molecule has 1 saturated carbocycles. The highest BCUT2D eigenvalue weighted by Gasteiger charge is 2.25. The number of rotatable bonds is 8. The van der Waals surface area contributed by atoms with Crippen molar-refractivity contribution in [1.29, 1.82) is 0 Å². The third-order valence-electron chi connectivity index (χ3n) is 3.86. The second-order valence-corrected chi connectivity index (χ2v) is 5.84. The van der Waals surface area contributed by atoms with Crippen LogP contribution in [0.4, 0.5) is 0 Å². The molecule has 0 aliphatic heterocycles. The summed E-state index contributed by atoms with van der Waals surface area (Å²) in [6, 6.07) is 0. The van der Waals surface area contributed by atoms with Crippen LogP contribution in [0.3, 0.4) is 0 Å². The monoisotopic (exact) mass is 240 g/mol. The molecule has 0 heterocycles. The van der Waals surface area contributed by atoms with Crippen LogP contribution in [-0.4, -0.2) is 30.9 Å². The quantitative estimate of drug-likeness (QED) is 0.707. The first kappa shape index (κ1) is 14.5. The summed E-state index contributed by atoms with van der Waals surface area (Å²) in [7, 11) is 1.94. The average molecular weight is 240 g/mol. The third-order valence-corrected chi connectivity index (χ3v) is 3.86. The summed E-state index contributed by atoms with van der Waals surface area (Å²) in [5, 5.41) is 0. The van der Waals surface area contributed by atoms with E-state index in [1.165, 1.54) is 12.8 Å². The molecule has 17 heavy (non-hydrogen) atoms. The molecule has 0 aromatic heterocycles. The fourth-order valence-corrected chi connectivity index (χ4v) is 2.31. The Morgan fingerprint density at radius 1 is 1.35 bits per heavy atom. The maximum atomic E-state index is 11.9. The number of carbonyl (C=O) groups excluding carboxylic acids is 1. The minimum Gasteiger partial charge on any atom is -0.345 e. The van der Waals surface area contributed by atoms with Crippen LogP contribution >= 0.6 is 0 Å². The summed E-state index contributed by atoms with van der Waals surface area (Å²) in [6.07, 6.45) is 5.32. The van der Waals surface area contributed by atoms with Crippen LogP contribution in [0.1, 0.15) is 46.0 Å². The van der Waals surface area contributed by atoms with Gasteiger partial charge < -0.3 is 10.6 Å². The lowest BCUT2D eigenvalue weighted by atomic mass is 9.88. The van der Waals surface area contributed by atoms with Crippen molar-refractivity contribution in [3.63, 3.8) is 0 Å². The molecular formula is C14H28N2O. The molecule has 0 spiro atoms. The van der Waals surface area contributed by atoms with E-state index in [1.807, 2.05) is 11.9 Å². The smallest absolute Gasteiger partial charge is 0.222 e. The van der Waals surface area contributed by atoms with Gasteiger partial charge >= 0.3 is 0 Å². The van der Waals surface area contributed by atoms with Gasteiger partial charge in [-0.25, -0.2) is 0 Å². The molecule has 1 rings (SSSR count). The minimum absolute atomic E-state index is 0.305. The summed E-state index contributed by atoms with van der Waals surface area (Å²) < 4.78 is 0. The van der Waals surface area contributed by atoms with Gasteiger partial charge in [0, 0.05) is 20.0 Å². The molecule has 3 heteroatoms. The van der Waals surface area contributed by atoms with E-state index in [2.05, 4.69) is 13.8 Å². The molecule has 1 unspecified atom stereocenters. The Bertz CT molecular complexity index is 236. The first-order valence-corrected chi connectivity index (χ1v) is 6.98. The molecule has 1 aliphatic rings. The Kier molecular flexibility index (Phi) is 5.96. The van der Waals surface area contributed by atoms with Gasteiger partial charge in [0.05, 0.1) is 0 Å². The molecule has 1 atom stereocenters. The highest BCUT2D eigenvalue weighted by Crippen LogP contribution is 2.29. The fraction of sp³-hybridized carbons (Fsp3) is 0.929. The number of nitrogens with two attached hydrogens (primary N) is 1. The van der Waals surface area contributed by atoms with Gasteiger partial charge in [-0.15, -0.1) is 0 Å². The number of carbonyl (C=O) groups is 1. The summed E-state index contributed by atoms with van der Waals surface area (Å²) in [4.78, 5) is 13.8. The first-order valence-electron chi connectivity index (χ1n) is 6.98. The molecule has 1 amide bonds. The van der Waals surface area contributed by atoms with Gasteiger partial charge in [-0.05, 0) is 50.0 Å². The fourth-order valence-electron chi connectivity index (χ4n) is 2.31. The van der Waals surface area contributed by atoms with Gasteiger partial charge in [-0.3, -0.25) is 4.79 Å². The van der Waals surface area contributed by atoms with Crippen LogP contribution in [-0.2, 0) is 4.79 Å². The highest BCUT2D eigenvalue weighted by atomic mass is 16.2. The van der Waals surface area contributed by atoms with Crippen molar-refractivity contribution in [2.24, 2.45) is 23.5 Å². The average Bonchev–Trinajstić information content (AvgIpc) is 3.07. The molecule has 0 radical (unpaired) electrons. The van der Waals surface area contributed by atoms with E-state index in [4.69, 9.17) is 5.73 Å². The van der Waals surface area contributed by atoms with Gasteiger partial charge in [0.2, 0.25) is 5.91 Å². The van der Waals surface area contributed by atoms with Crippen molar-refractivity contribution in [3.8, 4) is 0 Å². The second-order valence-electron chi connectivity index (χ2n) is 5.84. The Morgan fingerprint density at radius 2 is 2.00 bits per heavy atom. The molecular weight excluding hydrogens is 212 g/mol. The summed E-state index contributed by atoms with van der Waals surface area (Å²) in [5.41, 5.74) is 5.61. The van der Waals surface area contributed by atoms with Crippen LogP contribution in [0.25, 0.3) is 0 Å². The SMILES string of the molecule is CC(C)C(CCN)CCC(=O)N(C)CC1CC1. The Hall–Kier alpha value is -0.570.